The fourth-order valence-corrected chi connectivity index (χ4v) is 2.00. The van der Waals surface area contributed by atoms with E-state index in [0.717, 1.165) is 12.8 Å². The number of likely N-dealkylation sites (tertiary alicyclic amines) is 1. The van der Waals surface area contributed by atoms with Crippen molar-refractivity contribution in [2.45, 2.75) is 46.1 Å². The van der Waals surface area contributed by atoms with E-state index >= 15 is 0 Å². The zero-order chi connectivity index (χ0) is 12.3. The van der Waals surface area contributed by atoms with Crippen molar-refractivity contribution in [2.75, 3.05) is 13.7 Å². The highest BCUT2D eigenvalue weighted by Gasteiger charge is 2.35. The first-order valence-corrected chi connectivity index (χ1v) is 5.72. The van der Waals surface area contributed by atoms with Crippen LogP contribution in [-0.2, 0) is 14.3 Å². The minimum Gasteiger partial charge on any atom is -0.467 e. The van der Waals surface area contributed by atoms with Gasteiger partial charge in [0.2, 0.25) is 5.91 Å². The molecule has 0 saturated carbocycles. The lowest BCUT2D eigenvalue weighted by Gasteiger charge is -2.26. The highest BCUT2D eigenvalue weighted by molar-refractivity contribution is 5.85. The van der Waals surface area contributed by atoms with Crippen LogP contribution in [0, 0.1) is 5.41 Å². The summed E-state index contributed by atoms with van der Waals surface area (Å²) in [6, 6.07) is -0.361. The summed E-state index contributed by atoms with van der Waals surface area (Å²) in [6.45, 7) is 6.74. The Kier molecular flexibility index (Phi) is 3.94. The standard InChI is InChI=1S/C12H21NO3/c1-12(2,3)8-10(14)13-7-5-6-9(13)11(15)16-4/h9H,5-8H2,1-4H3/t9-/m0/s1. The fraction of sp³-hybridized carbons (Fsp3) is 0.833. The molecule has 0 aromatic heterocycles. The minimum atomic E-state index is -0.361. The second kappa shape index (κ2) is 4.85. The van der Waals surface area contributed by atoms with E-state index in [1.807, 2.05) is 20.8 Å². The van der Waals surface area contributed by atoms with Crippen LogP contribution in [0.4, 0.5) is 0 Å². The molecule has 0 bridgehead atoms. The van der Waals surface area contributed by atoms with E-state index < -0.39 is 0 Å². The molecule has 1 aliphatic rings. The van der Waals surface area contributed by atoms with Crippen LogP contribution in [-0.4, -0.2) is 36.5 Å². The van der Waals surface area contributed by atoms with Gasteiger partial charge in [0.25, 0.3) is 0 Å². The molecule has 0 aromatic carbocycles. The van der Waals surface area contributed by atoms with Gasteiger partial charge in [0.15, 0.2) is 0 Å². The molecule has 16 heavy (non-hydrogen) atoms. The van der Waals surface area contributed by atoms with Crippen molar-refractivity contribution in [2.24, 2.45) is 5.41 Å². The van der Waals surface area contributed by atoms with Crippen LogP contribution in [0.3, 0.4) is 0 Å². The van der Waals surface area contributed by atoms with Gasteiger partial charge in [-0.25, -0.2) is 4.79 Å². The Hall–Kier alpha value is -1.06. The summed E-state index contributed by atoms with van der Waals surface area (Å²) in [7, 11) is 1.37. The summed E-state index contributed by atoms with van der Waals surface area (Å²) < 4.78 is 4.71. The van der Waals surface area contributed by atoms with Crippen LogP contribution in [0.5, 0.6) is 0 Å². The predicted molar refractivity (Wildman–Crippen MR) is 60.8 cm³/mol. The van der Waals surface area contributed by atoms with Crippen LogP contribution in [0.15, 0.2) is 0 Å². The normalized spacial score (nSPS) is 21.0. The van der Waals surface area contributed by atoms with E-state index in [4.69, 9.17) is 4.74 Å². The molecular weight excluding hydrogens is 206 g/mol. The van der Waals surface area contributed by atoms with Crippen molar-refractivity contribution in [1.29, 1.82) is 0 Å². The van der Waals surface area contributed by atoms with Gasteiger partial charge in [0.05, 0.1) is 7.11 Å². The average molecular weight is 227 g/mol. The van der Waals surface area contributed by atoms with Gasteiger partial charge >= 0.3 is 5.97 Å². The summed E-state index contributed by atoms with van der Waals surface area (Å²) in [5.74, 6) is -0.236. The van der Waals surface area contributed by atoms with E-state index in [-0.39, 0.29) is 23.3 Å². The van der Waals surface area contributed by atoms with Crippen molar-refractivity contribution in [3.63, 3.8) is 0 Å². The maximum Gasteiger partial charge on any atom is 0.328 e. The lowest BCUT2D eigenvalue weighted by Crippen LogP contribution is -2.42. The van der Waals surface area contributed by atoms with Crippen molar-refractivity contribution in [3.05, 3.63) is 0 Å². The molecule has 0 aliphatic carbocycles. The number of rotatable bonds is 2. The molecule has 1 saturated heterocycles. The molecule has 1 aliphatic heterocycles. The summed E-state index contributed by atoms with van der Waals surface area (Å²) in [6.07, 6.45) is 2.08. The molecule has 1 amide bonds. The second-order valence-electron chi connectivity index (χ2n) is 5.51. The first kappa shape index (κ1) is 13.0. The van der Waals surface area contributed by atoms with E-state index in [1.165, 1.54) is 7.11 Å². The van der Waals surface area contributed by atoms with Crippen LogP contribution < -0.4 is 0 Å². The Morgan fingerprint density at radius 2 is 2.00 bits per heavy atom. The molecule has 0 spiro atoms. The highest BCUT2D eigenvalue weighted by Crippen LogP contribution is 2.25. The minimum absolute atomic E-state index is 0.0413. The third-order valence-electron chi connectivity index (χ3n) is 2.73. The van der Waals surface area contributed by atoms with E-state index in [1.54, 1.807) is 4.90 Å². The first-order chi connectivity index (χ1) is 7.35. The topological polar surface area (TPSA) is 46.6 Å². The van der Waals surface area contributed by atoms with Gasteiger partial charge in [0, 0.05) is 13.0 Å². The Morgan fingerprint density at radius 3 is 2.50 bits per heavy atom. The number of methoxy groups -OCH3 is 1. The smallest absolute Gasteiger partial charge is 0.328 e. The maximum atomic E-state index is 12.0. The van der Waals surface area contributed by atoms with Crippen LogP contribution in [0.1, 0.15) is 40.0 Å². The monoisotopic (exact) mass is 227 g/mol. The second-order valence-corrected chi connectivity index (χ2v) is 5.51. The van der Waals surface area contributed by atoms with Crippen molar-refractivity contribution >= 4 is 11.9 Å². The van der Waals surface area contributed by atoms with Gasteiger partial charge in [-0.3, -0.25) is 4.79 Å². The number of nitrogens with zero attached hydrogens (tertiary/aromatic N) is 1. The Balaban J connectivity index is 2.65. The van der Waals surface area contributed by atoms with Crippen LogP contribution in [0.25, 0.3) is 0 Å². The quantitative estimate of drug-likeness (QED) is 0.673. The molecule has 4 heteroatoms. The van der Waals surface area contributed by atoms with Crippen LogP contribution in [0.2, 0.25) is 0 Å². The summed E-state index contributed by atoms with van der Waals surface area (Å²) >= 11 is 0. The number of carbonyl (C=O) groups excluding carboxylic acids is 2. The third kappa shape index (κ3) is 3.22. The van der Waals surface area contributed by atoms with Crippen LogP contribution >= 0.6 is 0 Å². The lowest BCUT2D eigenvalue weighted by atomic mass is 9.91. The Labute approximate surface area is 96.9 Å². The van der Waals surface area contributed by atoms with Crippen molar-refractivity contribution in [3.8, 4) is 0 Å². The molecule has 0 radical (unpaired) electrons. The molecule has 1 atom stereocenters. The SMILES string of the molecule is COC(=O)[C@@H]1CCCN1C(=O)CC(C)(C)C. The molecular formula is C12H21NO3. The zero-order valence-electron chi connectivity index (χ0n) is 10.6. The zero-order valence-corrected chi connectivity index (χ0v) is 10.6. The molecule has 1 fully saturated rings. The maximum absolute atomic E-state index is 12.0. The molecule has 1 rings (SSSR count). The molecule has 0 N–H and O–H groups in total. The van der Waals surface area contributed by atoms with Crippen molar-refractivity contribution < 1.29 is 14.3 Å². The van der Waals surface area contributed by atoms with Gasteiger partial charge in [-0.1, -0.05) is 20.8 Å². The van der Waals surface area contributed by atoms with Gasteiger partial charge in [-0.05, 0) is 18.3 Å². The van der Waals surface area contributed by atoms with Gasteiger partial charge in [-0.15, -0.1) is 0 Å². The van der Waals surface area contributed by atoms with Gasteiger partial charge < -0.3 is 9.64 Å². The van der Waals surface area contributed by atoms with Gasteiger partial charge in [0.1, 0.15) is 6.04 Å². The number of hydrogen-bond donors (Lipinski definition) is 0. The third-order valence-corrected chi connectivity index (χ3v) is 2.73. The van der Waals surface area contributed by atoms with E-state index in [9.17, 15) is 9.59 Å². The van der Waals surface area contributed by atoms with Gasteiger partial charge in [-0.2, -0.15) is 0 Å². The largest absolute Gasteiger partial charge is 0.467 e. The molecule has 92 valence electrons. The fourth-order valence-electron chi connectivity index (χ4n) is 2.00. The highest BCUT2D eigenvalue weighted by atomic mass is 16.5. The number of amides is 1. The predicted octanol–water partition coefficient (Wildman–Crippen LogP) is 1.59. The van der Waals surface area contributed by atoms with E-state index in [2.05, 4.69) is 0 Å². The molecule has 0 aromatic rings. The summed E-state index contributed by atoms with van der Waals surface area (Å²) in [4.78, 5) is 25.2. The first-order valence-electron chi connectivity index (χ1n) is 5.72. The number of ether oxygens (including phenoxy) is 1. The Morgan fingerprint density at radius 1 is 1.38 bits per heavy atom. The number of hydrogen-bond acceptors (Lipinski definition) is 3. The number of esters is 1. The van der Waals surface area contributed by atoms with E-state index in [0.29, 0.717) is 13.0 Å². The lowest BCUT2D eigenvalue weighted by molar-refractivity contribution is -0.151. The van der Waals surface area contributed by atoms with Crippen molar-refractivity contribution in [1.82, 2.24) is 4.90 Å². The summed E-state index contributed by atoms with van der Waals surface area (Å²) in [5.41, 5.74) is -0.0413. The number of carbonyl (C=O) groups is 2. The molecule has 4 nitrogen and oxygen atoms in total. The summed E-state index contributed by atoms with van der Waals surface area (Å²) in [5, 5.41) is 0. The average Bonchev–Trinajstić information content (AvgIpc) is 2.62. The molecule has 1 heterocycles. The Bertz CT molecular complexity index is 280. The molecule has 0 unspecified atom stereocenters.